The molecule has 0 saturated heterocycles. The van der Waals surface area contributed by atoms with Gasteiger partial charge in [0.2, 0.25) is 10.0 Å². The van der Waals surface area contributed by atoms with Gasteiger partial charge in [0.1, 0.15) is 0 Å². The van der Waals surface area contributed by atoms with Crippen molar-refractivity contribution >= 4 is 21.4 Å². The second-order valence-electron chi connectivity index (χ2n) is 3.74. The predicted octanol–water partition coefficient (Wildman–Crippen LogP) is 1.21. The Morgan fingerprint density at radius 1 is 1.47 bits per heavy atom. The molecule has 6 heteroatoms. The van der Waals surface area contributed by atoms with Gasteiger partial charge in [-0.05, 0) is 31.0 Å². The Kier molecular flexibility index (Phi) is 4.14. The number of sulfonamides is 1. The molecule has 94 valence electrons. The van der Waals surface area contributed by atoms with E-state index < -0.39 is 10.0 Å². The molecule has 0 amide bonds. The van der Waals surface area contributed by atoms with Crippen molar-refractivity contribution in [1.82, 2.24) is 0 Å². The third kappa shape index (κ3) is 3.47. The van der Waals surface area contributed by atoms with Crippen LogP contribution in [-0.4, -0.2) is 15.0 Å². The molecule has 5 N–H and O–H groups in total. The fraction of sp³-hybridized carbons (Fsp3) is 0.273. The van der Waals surface area contributed by atoms with E-state index in [9.17, 15) is 8.42 Å². The molecular formula is C11H17N3O2S. The number of nitrogens with two attached hydrogens (primary N) is 2. The molecule has 0 spiro atoms. The molecule has 0 radical (unpaired) electrons. The van der Waals surface area contributed by atoms with Crippen molar-refractivity contribution in [3.05, 3.63) is 30.4 Å². The van der Waals surface area contributed by atoms with Gasteiger partial charge in [-0.3, -0.25) is 0 Å². The summed E-state index contributed by atoms with van der Waals surface area (Å²) in [6, 6.07) is 3.05. The SMILES string of the molecule is C=CCCNc1cc(N)cc(S(N)(=O)=O)c1C. The standard InChI is InChI=1S/C11H17N3O2S/c1-3-4-5-14-10-6-9(12)7-11(8(10)2)17(13,15)16/h3,6-7,14H,1,4-5,12H2,2H3,(H2,13,15,16). The highest BCUT2D eigenvalue weighted by Crippen LogP contribution is 2.25. The summed E-state index contributed by atoms with van der Waals surface area (Å²) >= 11 is 0. The van der Waals surface area contributed by atoms with Gasteiger partial charge < -0.3 is 11.1 Å². The van der Waals surface area contributed by atoms with Crippen molar-refractivity contribution in [3.63, 3.8) is 0 Å². The first-order valence-electron chi connectivity index (χ1n) is 5.14. The summed E-state index contributed by atoms with van der Waals surface area (Å²) < 4.78 is 22.7. The molecule has 0 atom stereocenters. The first kappa shape index (κ1) is 13.5. The van der Waals surface area contributed by atoms with Gasteiger partial charge in [-0.25, -0.2) is 13.6 Å². The number of nitrogens with one attached hydrogen (secondary N) is 1. The Morgan fingerprint density at radius 3 is 2.65 bits per heavy atom. The summed E-state index contributed by atoms with van der Waals surface area (Å²) in [6.07, 6.45) is 2.55. The van der Waals surface area contributed by atoms with Crippen LogP contribution in [-0.2, 0) is 10.0 Å². The normalized spacial score (nSPS) is 11.2. The lowest BCUT2D eigenvalue weighted by molar-refractivity contribution is 0.597. The zero-order valence-electron chi connectivity index (χ0n) is 9.73. The van der Waals surface area contributed by atoms with Crippen LogP contribution in [0, 0.1) is 6.92 Å². The van der Waals surface area contributed by atoms with Crippen LogP contribution in [0.4, 0.5) is 11.4 Å². The summed E-state index contributed by atoms with van der Waals surface area (Å²) in [6.45, 7) is 5.96. The van der Waals surface area contributed by atoms with Crippen LogP contribution in [0.1, 0.15) is 12.0 Å². The van der Waals surface area contributed by atoms with Crippen LogP contribution < -0.4 is 16.2 Å². The van der Waals surface area contributed by atoms with Gasteiger partial charge in [-0.15, -0.1) is 6.58 Å². The molecule has 0 fully saturated rings. The Hall–Kier alpha value is -1.53. The zero-order chi connectivity index (χ0) is 13.1. The van der Waals surface area contributed by atoms with E-state index in [0.29, 0.717) is 23.5 Å². The molecule has 0 aliphatic heterocycles. The minimum Gasteiger partial charge on any atom is -0.399 e. The van der Waals surface area contributed by atoms with E-state index in [1.165, 1.54) is 6.07 Å². The van der Waals surface area contributed by atoms with E-state index in [0.717, 1.165) is 6.42 Å². The van der Waals surface area contributed by atoms with E-state index in [2.05, 4.69) is 11.9 Å². The van der Waals surface area contributed by atoms with Crippen LogP contribution >= 0.6 is 0 Å². The molecule has 0 bridgehead atoms. The van der Waals surface area contributed by atoms with Crippen molar-refractivity contribution < 1.29 is 8.42 Å². The van der Waals surface area contributed by atoms with E-state index in [1.54, 1.807) is 19.1 Å². The Morgan fingerprint density at radius 2 is 2.12 bits per heavy atom. The maximum atomic E-state index is 11.4. The number of nitrogen functional groups attached to an aromatic ring is 1. The van der Waals surface area contributed by atoms with Gasteiger partial charge in [0.25, 0.3) is 0 Å². The number of hydrogen-bond donors (Lipinski definition) is 3. The molecule has 0 aliphatic carbocycles. The largest absolute Gasteiger partial charge is 0.399 e. The summed E-state index contributed by atoms with van der Waals surface area (Å²) in [4.78, 5) is 0.0543. The third-order valence-electron chi connectivity index (χ3n) is 2.35. The van der Waals surface area contributed by atoms with E-state index >= 15 is 0 Å². The van der Waals surface area contributed by atoms with Gasteiger partial charge >= 0.3 is 0 Å². The van der Waals surface area contributed by atoms with E-state index in [4.69, 9.17) is 10.9 Å². The average molecular weight is 255 g/mol. The number of primary sulfonamides is 1. The van der Waals surface area contributed by atoms with Crippen LogP contribution in [0.5, 0.6) is 0 Å². The van der Waals surface area contributed by atoms with Gasteiger partial charge in [-0.1, -0.05) is 6.08 Å². The highest BCUT2D eigenvalue weighted by molar-refractivity contribution is 7.89. The van der Waals surface area contributed by atoms with Gasteiger partial charge in [0, 0.05) is 17.9 Å². The first-order chi connectivity index (χ1) is 7.86. The van der Waals surface area contributed by atoms with E-state index in [-0.39, 0.29) is 4.90 Å². The molecule has 0 unspecified atom stereocenters. The number of hydrogen-bond acceptors (Lipinski definition) is 4. The summed E-state index contributed by atoms with van der Waals surface area (Å²) in [5.41, 5.74) is 7.26. The lowest BCUT2D eigenvalue weighted by Gasteiger charge is -2.13. The molecule has 0 heterocycles. The maximum Gasteiger partial charge on any atom is 0.238 e. The van der Waals surface area contributed by atoms with Gasteiger partial charge in [0.05, 0.1) is 4.90 Å². The molecule has 17 heavy (non-hydrogen) atoms. The monoisotopic (exact) mass is 255 g/mol. The molecule has 0 aliphatic rings. The number of benzene rings is 1. The fourth-order valence-electron chi connectivity index (χ4n) is 1.50. The molecule has 1 aromatic carbocycles. The smallest absolute Gasteiger partial charge is 0.238 e. The lowest BCUT2D eigenvalue weighted by Crippen LogP contribution is -2.15. The lowest BCUT2D eigenvalue weighted by atomic mass is 10.1. The number of rotatable bonds is 5. The number of anilines is 2. The summed E-state index contributed by atoms with van der Waals surface area (Å²) in [5.74, 6) is 0. The fourth-order valence-corrected chi connectivity index (χ4v) is 2.33. The van der Waals surface area contributed by atoms with Gasteiger partial charge in [0.15, 0.2) is 0 Å². The molecule has 5 nitrogen and oxygen atoms in total. The minimum atomic E-state index is -3.75. The Labute approximate surface area is 102 Å². The van der Waals surface area contributed by atoms with Crippen molar-refractivity contribution in [3.8, 4) is 0 Å². The van der Waals surface area contributed by atoms with Crippen LogP contribution in [0.15, 0.2) is 29.7 Å². The molecular weight excluding hydrogens is 238 g/mol. The van der Waals surface area contributed by atoms with Crippen LogP contribution in [0.25, 0.3) is 0 Å². The van der Waals surface area contributed by atoms with Crippen LogP contribution in [0.2, 0.25) is 0 Å². The third-order valence-corrected chi connectivity index (χ3v) is 3.39. The minimum absolute atomic E-state index is 0.0543. The summed E-state index contributed by atoms with van der Waals surface area (Å²) in [5, 5.41) is 8.22. The second kappa shape index (κ2) is 5.20. The molecule has 0 saturated carbocycles. The predicted molar refractivity (Wildman–Crippen MR) is 70.3 cm³/mol. The van der Waals surface area contributed by atoms with Crippen molar-refractivity contribution in [1.29, 1.82) is 0 Å². The van der Waals surface area contributed by atoms with Crippen molar-refractivity contribution in [2.24, 2.45) is 5.14 Å². The Bertz CT molecular complexity index is 524. The van der Waals surface area contributed by atoms with Crippen LogP contribution in [0.3, 0.4) is 0 Å². The second-order valence-corrected chi connectivity index (χ2v) is 5.27. The average Bonchev–Trinajstić information content (AvgIpc) is 2.21. The molecule has 1 rings (SSSR count). The summed E-state index contributed by atoms with van der Waals surface area (Å²) in [7, 11) is -3.75. The van der Waals surface area contributed by atoms with Crippen molar-refractivity contribution in [2.45, 2.75) is 18.2 Å². The van der Waals surface area contributed by atoms with Gasteiger partial charge in [-0.2, -0.15) is 0 Å². The topological polar surface area (TPSA) is 98.2 Å². The first-order valence-corrected chi connectivity index (χ1v) is 6.68. The zero-order valence-corrected chi connectivity index (χ0v) is 10.5. The van der Waals surface area contributed by atoms with E-state index in [1.807, 2.05) is 0 Å². The maximum absolute atomic E-state index is 11.4. The van der Waals surface area contributed by atoms with Crippen molar-refractivity contribution in [2.75, 3.05) is 17.6 Å². The Balaban J connectivity index is 3.15. The molecule has 0 aromatic heterocycles. The quantitative estimate of drug-likeness (QED) is 0.418. The highest BCUT2D eigenvalue weighted by Gasteiger charge is 2.15. The highest BCUT2D eigenvalue weighted by atomic mass is 32.2. The molecule has 1 aromatic rings.